The van der Waals surface area contributed by atoms with E-state index in [2.05, 4.69) is 67.9 Å². The highest BCUT2D eigenvalue weighted by molar-refractivity contribution is 7.13. The number of nitrogens with zero attached hydrogens (tertiary/aromatic N) is 3. The zero-order valence-corrected chi connectivity index (χ0v) is 21.1. The van der Waals surface area contributed by atoms with Crippen LogP contribution in [0.5, 0.6) is 0 Å². The van der Waals surface area contributed by atoms with Crippen molar-refractivity contribution < 1.29 is 8.78 Å². The number of thiophene rings is 1. The van der Waals surface area contributed by atoms with E-state index in [1.54, 1.807) is 17.5 Å². The van der Waals surface area contributed by atoms with E-state index < -0.39 is 5.92 Å². The fraction of sp³-hybridized carbons (Fsp3) is 0.407. The predicted octanol–water partition coefficient (Wildman–Crippen LogP) is 4.40. The summed E-state index contributed by atoms with van der Waals surface area (Å²) in [5, 5.41) is 5.75. The first-order valence-electron chi connectivity index (χ1n) is 12.8. The standard InChI is InChI=1S/C27H29F2N7S/c28-27(29)6-7-36(15-27)14-16-9-17(12-30-11-16)21-10-19-22(13-31-21)34-35-25(19)26-32-20-4-1-3-18(24(20)33-26)23-5-2-8-37-23/h1-5,8-9,11-12,19,21-22,25,31,34-35H,6-7,10,13-15H2,(H,32,33). The maximum absolute atomic E-state index is 13.6. The average molecular weight is 522 g/mol. The molecule has 0 bridgehead atoms. The summed E-state index contributed by atoms with van der Waals surface area (Å²) in [4.78, 5) is 16.1. The second-order valence-corrected chi connectivity index (χ2v) is 11.4. The molecule has 3 fully saturated rings. The van der Waals surface area contributed by atoms with Crippen LogP contribution in [0.3, 0.4) is 0 Å². The third-order valence-electron chi connectivity index (χ3n) is 7.95. The molecule has 0 aliphatic carbocycles. The normalized spacial score (nSPS) is 27.6. The van der Waals surface area contributed by atoms with E-state index in [1.807, 2.05) is 11.1 Å². The smallest absolute Gasteiger partial charge is 0.261 e. The second kappa shape index (κ2) is 9.21. The lowest BCUT2D eigenvalue weighted by Gasteiger charge is -2.34. The number of para-hydroxylation sites is 1. The topological polar surface area (TPSA) is 80.9 Å². The summed E-state index contributed by atoms with van der Waals surface area (Å²) in [6, 6.07) is 13.1. The Balaban J connectivity index is 1.11. The fourth-order valence-corrected chi connectivity index (χ4v) is 6.86. The van der Waals surface area contributed by atoms with Gasteiger partial charge in [0.1, 0.15) is 5.82 Å². The van der Waals surface area contributed by atoms with Crippen LogP contribution in [0.25, 0.3) is 21.5 Å². The molecule has 10 heteroatoms. The molecule has 0 radical (unpaired) electrons. The van der Waals surface area contributed by atoms with Crippen molar-refractivity contribution in [2.45, 2.75) is 43.4 Å². The van der Waals surface area contributed by atoms with Gasteiger partial charge in [-0.3, -0.25) is 15.3 Å². The van der Waals surface area contributed by atoms with Gasteiger partial charge in [-0.2, -0.15) is 0 Å². The third-order valence-corrected chi connectivity index (χ3v) is 8.85. The number of pyridine rings is 1. The third kappa shape index (κ3) is 4.46. The number of halogens is 2. The molecule has 37 heavy (non-hydrogen) atoms. The lowest BCUT2D eigenvalue weighted by atomic mass is 9.82. The Labute approximate surface area is 217 Å². The number of aromatic nitrogens is 3. The number of nitrogens with one attached hydrogen (secondary N) is 4. The number of rotatable bonds is 5. The van der Waals surface area contributed by atoms with E-state index in [4.69, 9.17) is 4.98 Å². The van der Waals surface area contributed by atoms with Crippen molar-refractivity contribution in [2.75, 3.05) is 19.6 Å². The van der Waals surface area contributed by atoms with Gasteiger partial charge in [0.15, 0.2) is 0 Å². The van der Waals surface area contributed by atoms with E-state index in [0.29, 0.717) is 19.0 Å². The lowest BCUT2D eigenvalue weighted by Crippen LogP contribution is -2.46. The summed E-state index contributed by atoms with van der Waals surface area (Å²) in [5.74, 6) is -1.30. The van der Waals surface area contributed by atoms with E-state index in [9.17, 15) is 8.78 Å². The van der Waals surface area contributed by atoms with Gasteiger partial charge in [-0.25, -0.2) is 19.2 Å². The van der Waals surface area contributed by atoms with Crippen LogP contribution in [0.4, 0.5) is 8.78 Å². The first-order valence-corrected chi connectivity index (χ1v) is 13.7. The van der Waals surface area contributed by atoms with Crippen LogP contribution in [0.15, 0.2) is 54.2 Å². The van der Waals surface area contributed by atoms with Crippen molar-refractivity contribution in [1.82, 2.24) is 36.0 Å². The van der Waals surface area contributed by atoms with Crippen LogP contribution < -0.4 is 16.2 Å². The summed E-state index contributed by atoms with van der Waals surface area (Å²) < 4.78 is 27.3. The Bertz CT molecular complexity index is 1410. The molecule has 0 spiro atoms. The first kappa shape index (κ1) is 23.4. The number of hydrogen-bond acceptors (Lipinski definition) is 7. The predicted molar refractivity (Wildman–Crippen MR) is 140 cm³/mol. The van der Waals surface area contributed by atoms with Crippen LogP contribution in [0, 0.1) is 5.92 Å². The number of hydrogen-bond donors (Lipinski definition) is 4. The van der Waals surface area contributed by atoms with Gasteiger partial charge in [-0.1, -0.05) is 18.2 Å². The van der Waals surface area contributed by atoms with Crippen LogP contribution in [-0.4, -0.2) is 51.5 Å². The molecular weight excluding hydrogens is 492 g/mol. The molecule has 0 saturated carbocycles. The van der Waals surface area contributed by atoms with Gasteiger partial charge in [0, 0.05) is 66.9 Å². The number of aromatic amines is 1. The van der Waals surface area contributed by atoms with E-state index in [0.717, 1.165) is 46.5 Å². The van der Waals surface area contributed by atoms with Crippen LogP contribution in [0.2, 0.25) is 0 Å². The SMILES string of the molecule is FC1(F)CCN(Cc2cncc(C3CC4C(CN3)NNC4c3nc4c(-c5cccs5)cccc4[nH]3)c2)C1. The van der Waals surface area contributed by atoms with Crippen molar-refractivity contribution in [2.24, 2.45) is 5.92 Å². The molecule has 0 amide bonds. The van der Waals surface area contributed by atoms with Gasteiger partial charge in [-0.15, -0.1) is 11.3 Å². The Kier molecular flexibility index (Phi) is 5.82. The monoisotopic (exact) mass is 521 g/mol. The van der Waals surface area contributed by atoms with Crippen LogP contribution >= 0.6 is 11.3 Å². The van der Waals surface area contributed by atoms with Crippen LogP contribution in [0.1, 0.15) is 41.9 Å². The van der Waals surface area contributed by atoms with Crippen molar-refractivity contribution in [3.05, 3.63) is 71.1 Å². The van der Waals surface area contributed by atoms with Gasteiger partial charge >= 0.3 is 0 Å². The van der Waals surface area contributed by atoms with Crippen molar-refractivity contribution in [1.29, 1.82) is 0 Å². The molecule has 4 aromatic rings. The van der Waals surface area contributed by atoms with Gasteiger partial charge in [0.05, 0.1) is 23.6 Å². The zero-order chi connectivity index (χ0) is 25.0. The number of hydrazine groups is 1. The molecule has 1 aromatic carbocycles. The average Bonchev–Trinajstić information content (AvgIpc) is 3.69. The molecule has 7 rings (SSSR count). The minimum atomic E-state index is -2.58. The summed E-state index contributed by atoms with van der Waals surface area (Å²) in [7, 11) is 0. The first-order chi connectivity index (χ1) is 18.0. The van der Waals surface area contributed by atoms with Gasteiger partial charge in [0.25, 0.3) is 5.92 Å². The van der Waals surface area contributed by atoms with Crippen molar-refractivity contribution in [3.63, 3.8) is 0 Å². The number of fused-ring (bicyclic) bond motifs is 2. The Morgan fingerprint density at radius 2 is 2.08 bits per heavy atom. The molecule has 3 saturated heterocycles. The van der Waals surface area contributed by atoms with Crippen molar-refractivity contribution >= 4 is 22.4 Å². The molecule has 3 aromatic heterocycles. The molecular formula is C27H29F2N7S. The Morgan fingerprint density at radius 1 is 1.14 bits per heavy atom. The molecule has 192 valence electrons. The fourth-order valence-electron chi connectivity index (χ4n) is 6.11. The molecule has 3 aliphatic rings. The van der Waals surface area contributed by atoms with Crippen molar-refractivity contribution in [3.8, 4) is 10.4 Å². The Morgan fingerprint density at radius 3 is 2.92 bits per heavy atom. The minimum absolute atomic E-state index is 0.0566. The summed E-state index contributed by atoms with van der Waals surface area (Å²) in [6.07, 6.45) is 4.55. The highest BCUT2D eigenvalue weighted by atomic mass is 32.1. The van der Waals surface area contributed by atoms with Gasteiger partial charge in [-0.05, 0) is 41.1 Å². The van der Waals surface area contributed by atoms with E-state index in [-0.39, 0.29) is 31.1 Å². The van der Waals surface area contributed by atoms with Gasteiger partial charge in [0.2, 0.25) is 0 Å². The molecule has 4 N–H and O–H groups in total. The summed E-state index contributed by atoms with van der Waals surface area (Å²) in [6.45, 7) is 1.58. The molecule has 3 aliphatic heterocycles. The highest BCUT2D eigenvalue weighted by Gasteiger charge is 2.43. The number of likely N-dealkylation sites (tertiary alicyclic amines) is 1. The quantitative estimate of drug-likeness (QED) is 0.312. The molecule has 7 nitrogen and oxygen atoms in total. The summed E-state index contributed by atoms with van der Waals surface area (Å²) >= 11 is 1.72. The highest BCUT2D eigenvalue weighted by Crippen LogP contribution is 2.39. The zero-order valence-electron chi connectivity index (χ0n) is 20.3. The maximum atomic E-state index is 13.6. The van der Waals surface area contributed by atoms with Crippen LogP contribution in [-0.2, 0) is 6.54 Å². The number of alkyl halides is 2. The van der Waals surface area contributed by atoms with E-state index in [1.165, 1.54) is 4.88 Å². The second-order valence-electron chi connectivity index (χ2n) is 10.5. The molecule has 4 unspecified atom stereocenters. The molecule has 6 heterocycles. The lowest BCUT2D eigenvalue weighted by molar-refractivity contribution is 0.0115. The number of benzene rings is 1. The summed E-state index contributed by atoms with van der Waals surface area (Å²) in [5.41, 5.74) is 12.3. The van der Waals surface area contributed by atoms with Gasteiger partial charge < -0.3 is 10.3 Å². The number of piperidine rings is 1. The largest absolute Gasteiger partial charge is 0.341 e. The Hall–Kier alpha value is -2.76. The molecule has 4 atom stereocenters. The number of H-pyrrole nitrogens is 1. The minimum Gasteiger partial charge on any atom is -0.341 e. The maximum Gasteiger partial charge on any atom is 0.261 e. The van der Waals surface area contributed by atoms with E-state index >= 15 is 0 Å². The number of imidazole rings is 1.